The van der Waals surface area contributed by atoms with Crippen molar-refractivity contribution in [3.63, 3.8) is 0 Å². The first-order chi connectivity index (χ1) is 11.1. The number of nitrogens with one attached hydrogen (secondary N) is 1. The third-order valence-electron chi connectivity index (χ3n) is 3.43. The molecule has 5 heteroatoms. The number of ether oxygens (including phenoxy) is 1. The predicted octanol–water partition coefficient (Wildman–Crippen LogP) is 2.81. The fourth-order valence-corrected chi connectivity index (χ4v) is 2.45. The molecule has 0 aliphatic rings. The number of rotatable bonds is 6. The van der Waals surface area contributed by atoms with E-state index in [0.717, 1.165) is 5.56 Å². The second-order valence-electron chi connectivity index (χ2n) is 5.06. The van der Waals surface area contributed by atoms with Crippen LogP contribution in [0.5, 0.6) is 0 Å². The van der Waals surface area contributed by atoms with E-state index < -0.39 is 17.4 Å². The van der Waals surface area contributed by atoms with Crippen molar-refractivity contribution in [3.05, 3.63) is 71.8 Å². The number of carbonyl (C=O) groups excluding carboxylic acids is 2. The van der Waals surface area contributed by atoms with Gasteiger partial charge in [-0.05, 0) is 24.1 Å². The molecule has 0 radical (unpaired) electrons. The van der Waals surface area contributed by atoms with E-state index in [4.69, 9.17) is 16.3 Å². The van der Waals surface area contributed by atoms with E-state index in [-0.39, 0.29) is 5.91 Å². The molecule has 23 heavy (non-hydrogen) atoms. The first-order valence-corrected chi connectivity index (χ1v) is 7.67. The number of alkyl halides is 1. The van der Waals surface area contributed by atoms with Crippen molar-refractivity contribution < 1.29 is 14.3 Å². The Morgan fingerprint density at radius 1 is 1.04 bits per heavy atom. The van der Waals surface area contributed by atoms with Crippen LogP contribution in [0.4, 0.5) is 0 Å². The zero-order chi connectivity index (χ0) is 16.7. The Morgan fingerprint density at radius 2 is 1.61 bits per heavy atom. The molecule has 1 N–H and O–H groups in total. The predicted molar refractivity (Wildman–Crippen MR) is 89.5 cm³/mol. The van der Waals surface area contributed by atoms with Gasteiger partial charge in [0.15, 0.2) is 5.38 Å². The van der Waals surface area contributed by atoms with Crippen molar-refractivity contribution in [1.82, 2.24) is 5.32 Å². The Bertz CT molecular complexity index is 646. The summed E-state index contributed by atoms with van der Waals surface area (Å²) in [5.74, 6) is -0.845. The summed E-state index contributed by atoms with van der Waals surface area (Å²) in [4.78, 5) is 24.1. The topological polar surface area (TPSA) is 55.4 Å². The van der Waals surface area contributed by atoms with Gasteiger partial charge >= 0.3 is 5.97 Å². The summed E-state index contributed by atoms with van der Waals surface area (Å²) in [6.07, 6.45) is 0.433. The van der Waals surface area contributed by atoms with Gasteiger partial charge in [-0.1, -0.05) is 48.5 Å². The van der Waals surface area contributed by atoms with Crippen molar-refractivity contribution in [3.8, 4) is 0 Å². The van der Waals surface area contributed by atoms with Crippen LogP contribution in [-0.4, -0.2) is 30.4 Å². The molecule has 0 aliphatic heterocycles. The normalized spacial score (nSPS) is 13.0. The van der Waals surface area contributed by atoms with E-state index in [9.17, 15) is 9.59 Å². The zero-order valence-corrected chi connectivity index (χ0v) is 13.5. The van der Waals surface area contributed by atoms with E-state index in [0.29, 0.717) is 12.0 Å². The quantitative estimate of drug-likeness (QED) is 0.654. The molecule has 0 fully saturated rings. The summed E-state index contributed by atoms with van der Waals surface area (Å²) in [6.45, 7) is 0. The maximum absolute atomic E-state index is 12.3. The number of hydrogen-bond acceptors (Lipinski definition) is 3. The minimum atomic E-state index is -0.965. The van der Waals surface area contributed by atoms with Gasteiger partial charge in [0.25, 0.3) is 5.91 Å². The minimum Gasteiger partial charge on any atom is -0.468 e. The molecule has 4 nitrogen and oxygen atoms in total. The molecule has 0 saturated carbocycles. The second kappa shape index (κ2) is 8.34. The second-order valence-corrected chi connectivity index (χ2v) is 5.53. The number of halogens is 1. The highest BCUT2D eigenvalue weighted by Crippen LogP contribution is 2.13. The zero-order valence-electron chi connectivity index (χ0n) is 12.7. The Kier molecular flexibility index (Phi) is 6.18. The van der Waals surface area contributed by atoms with Crippen LogP contribution in [0.15, 0.2) is 60.7 Å². The highest BCUT2D eigenvalue weighted by Gasteiger charge is 2.29. The van der Waals surface area contributed by atoms with Gasteiger partial charge in [-0.15, -0.1) is 11.6 Å². The van der Waals surface area contributed by atoms with Crippen LogP contribution >= 0.6 is 11.6 Å². The first kappa shape index (κ1) is 17.0. The first-order valence-electron chi connectivity index (χ1n) is 7.23. The molecule has 0 aliphatic carbocycles. The van der Waals surface area contributed by atoms with Crippen molar-refractivity contribution in [2.45, 2.75) is 17.8 Å². The van der Waals surface area contributed by atoms with Gasteiger partial charge in [-0.3, -0.25) is 9.59 Å². The third-order valence-corrected chi connectivity index (χ3v) is 3.91. The maximum Gasteiger partial charge on any atom is 0.325 e. The molecule has 0 heterocycles. The summed E-state index contributed by atoms with van der Waals surface area (Å²) in [6, 6.07) is 17.8. The SMILES string of the molecule is COC(=O)[C@H](Cl)[C@@H](Cc1ccccc1)NC(=O)c1ccccc1. The molecule has 0 saturated heterocycles. The van der Waals surface area contributed by atoms with Crippen LogP contribution in [0.1, 0.15) is 15.9 Å². The lowest BCUT2D eigenvalue weighted by molar-refractivity contribution is -0.140. The fraction of sp³-hybridized carbons (Fsp3) is 0.222. The number of esters is 1. The number of carbonyl (C=O) groups is 2. The van der Waals surface area contributed by atoms with Gasteiger partial charge in [-0.2, -0.15) is 0 Å². The van der Waals surface area contributed by atoms with E-state index in [1.54, 1.807) is 24.3 Å². The summed E-state index contributed by atoms with van der Waals surface area (Å²) in [5.41, 5.74) is 1.49. The van der Waals surface area contributed by atoms with E-state index in [2.05, 4.69) is 5.32 Å². The lowest BCUT2D eigenvalue weighted by atomic mass is 10.0. The Morgan fingerprint density at radius 3 is 2.17 bits per heavy atom. The van der Waals surface area contributed by atoms with Crippen molar-refractivity contribution >= 4 is 23.5 Å². The smallest absolute Gasteiger partial charge is 0.325 e. The van der Waals surface area contributed by atoms with Gasteiger partial charge in [0.2, 0.25) is 0 Å². The van der Waals surface area contributed by atoms with Crippen molar-refractivity contribution in [2.75, 3.05) is 7.11 Å². The number of methoxy groups -OCH3 is 1. The maximum atomic E-state index is 12.3. The average Bonchev–Trinajstić information content (AvgIpc) is 2.61. The average molecular weight is 332 g/mol. The number of benzene rings is 2. The highest BCUT2D eigenvalue weighted by molar-refractivity contribution is 6.30. The molecular formula is C18H18ClNO3. The van der Waals surface area contributed by atoms with Gasteiger partial charge in [0.05, 0.1) is 13.2 Å². The molecule has 120 valence electrons. The van der Waals surface area contributed by atoms with Crippen LogP contribution < -0.4 is 5.32 Å². The molecule has 0 unspecified atom stereocenters. The molecule has 2 atom stereocenters. The molecule has 1 amide bonds. The van der Waals surface area contributed by atoms with Gasteiger partial charge in [0.1, 0.15) is 0 Å². The highest BCUT2D eigenvalue weighted by atomic mass is 35.5. The standard InChI is InChI=1S/C18H18ClNO3/c1-23-18(22)16(19)15(12-13-8-4-2-5-9-13)20-17(21)14-10-6-3-7-11-14/h2-11,15-16H,12H2,1H3,(H,20,21)/t15-,16-/m1/s1. The van der Waals surface area contributed by atoms with E-state index in [1.165, 1.54) is 7.11 Å². The molecule has 0 aromatic heterocycles. The molecule has 0 bridgehead atoms. The molecule has 0 spiro atoms. The lowest BCUT2D eigenvalue weighted by Gasteiger charge is -2.22. The minimum absolute atomic E-state index is 0.277. The molecular weight excluding hydrogens is 314 g/mol. The summed E-state index contributed by atoms with van der Waals surface area (Å²) in [5, 5.41) is 1.86. The summed E-state index contributed by atoms with van der Waals surface area (Å²) < 4.78 is 4.70. The Balaban J connectivity index is 2.16. The van der Waals surface area contributed by atoms with Crippen LogP contribution in [-0.2, 0) is 16.0 Å². The van der Waals surface area contributed by atoms with E-state index >= 15 is 0 Å². The molecule has 2 rings (SSSR count). The third kappa shape index (κ3) is 4.83. The van der Waals surface area contributed by atoms with Crippen LogP contribution in [0.3, 0.4) is 0 Å². The summed E-state index contributed by atoms with van der Waals surface area (Å²) >= 11 is 6.19. The van der Waals surface area contributed by atoms with Gasteiger partial charge in [0, 0.05) is 5.56 Å². The van der Waals surface area contributed by atoms with Crippen LogP contribution in [0, 0.1) is 0 Å². The van der Waals surface area contributed by atoms with E-state index in [1.807, 2.05) is 36.4 Å². The molecule has 2 aromatic rings. The fourth-order valence-electron chi connectivity index (χ4n) is 2.21. The Hall–Kier alpha value is -2.33. The lowest BCUT2D eigenvalue weighted by Crippen LogP contribution is -2.46. The monoisotopic (exact) mass is 331 g/mol. The van der Waals surface area contributed by atoms with Crippen molar-refractivity contribution in [2.24, 2.45) is 0 Å². The van der Waals surface area contributed by atoms with Crippen molar-refractivity contribution in [1.29, 1.82) is 0 Å². The van der Waals surface area contributed by atoms with Gasteiger partial charge in [-0.25, -0.2) is 0 Å². The largest absolute Gasteiger partial charge is 0.468 e. The Labute approximate surface area is 140 Å². The van der Waals surface area contributed by atoms with Crippen LogP contribution in [0.2, 0.25) is 0 Å². The van der Waals surface area contributed by atoms with Gasteiger partial charge < -0.3 is 10.1 Å². The molecule has 2 aromatic carbocycles. The number of hydrogen-bond donors (Lipinski definition) is 1. The van der Waals surface area contributed by atoms with Crippen LogP contribution in [0.25, 0.3) is 0 Å². The number of amides is 1. The summed E-state index contributed by atoms with van der Waals surface area (Å²) in [7, 11) is 1.27.